The summed E-state index contributed by atoms with van der Waals surface area (Å²) in [7, 11) is 0. The summed E-state index contributed by atoms with van der Waals surface area (Å²) in [5.41, 5.74) is 1.71. The fourth-order valence-corrected chi connectivity index (χ4v) is 3.95. The van der Waals surface area contributed by atoms with E-state index in [1.165, 1.54) is 11.8 Å². The van der Waals surface area contributed by atoms with E-state index in [0.717, 1.165) is 17.7 Å². The van der Waals surface area contributed by atoms with Crippen LogP contribution in [0.3, 0.4) is 0 Å². The maximum atomic E-state index is 12.7. The predicted molar refractivity (Wildman–Crippen MR) is 110 cm³/mol. The molecular formula is C20H18ClN3O3S. The lowest BCUT2D eigenvalue weighted by Crippen LogP contribution is -2.27. The second kappa shape index (κ2) is 7.48. The summed E-state index contributed by atoms with van der Waals surface area (Å²) >= 11 is 7.49. The molecule has 0 unspecified atom stereocenters. The van der Waals surface area contributed by atoms with Crippen LogP contribution in [0.25, 0.3) is 0 Å². The Hall–Kier alpha value is -2.51. The van der Waals surface area contributed by atoms with Gasteiger partial charge in [-0.1, -0.05) is 11.6 Å². The van der Waals surface area contributed by atoms with Crippen LogP contribution in [0.4, 0.5) is 11.4 Å². The minimum atomic E-state index is -0.372. The molecule has 0 saturated heterocycles. The lowest BCUT2D eigenvalue weighted by molar-refractivity contribution is -0.115. The number of halogens is 1. The molecule has 2 aromatic carbocycles. The van der Waals surface area contributed by atoms with Gasteiger partial charge in [-0.05, 0) is 56.2 Å². The van der Waals surface area contributed by atoms with Gasteiger partial charge in [0.25, 0.3) is 11.8 Å². The lowest BCUT2D eigenvalue weighted by atomic mass is 10.1. The smallest absolute Gasteiger partial charge is 0.255 e. The highest BCUT2D eigenvalue weighted by Crippen LogP contribution is 2.36. The summed E-state index contributed by atoms with van der Waals surface area (Å²) in [6.07, 6.45) is 1.93. The fourth-order valence-electron chi connectivity index (χ4n) is 2.85. The number of hydrogen-bond donors (Lipinski definition) is 3. The van der Waals surface area contributed by atoms with Gasteiger partial charge in [-0.2, -0.15) is 0 Å². The highest BCUT2D eigenvalue weighted by Gasteiger charge is 2.26. The van der Waals surface area contributed by atoms with Crippen LogP contribution in [0.1, 0.15) is 40.5 Å². The van der Waals surface area contributed by atoms with E-state index >= 15 is 0 Å². The third-order valence-corrected chi connectivity index (χ3v) is 5.97. The van der Waals surface area contributed by atoms with Crippen LogP contribution in [0.15, 0.2) is 41.3 Å². The number of carbonyl (C=O) groups is 3. The molecule has 1 fully saturated rings. The van der Waals surface area contributed by atoms with Crippen LogP contribution in [0, 0.1) is 0 Å². The largest absolute Gasteiger partial charge is 0.349 e. The van der Waals surface area contributed by atoms with Gasteiger partial charge in [0, 0.05) is 21.5 Å². The van der Waals surface area contributed by atoms with Gasteiger partial charge >= 0.3 is 0 Å². The summed E-state index contributed by atoms with van der Waals surface area (Å²) in [6, 6.07) is 10.1. The van der Waals surface area contributed by atoms with Gasteiger partial charge in [-0.25, -0.2) is 0 Å². The molecule has 1 atom stereocenters. The first-order valence-corrected chi connectivity index (χ1v) is 10.2. The Kier molecular flexibility index (Phi) is 5.03. The third-order valence-electron chi connectivity index (χ3n) is 4.56. The molecule has 8 heteroatoms. The van der Waals surface area contributed by atoms with E-state index in [1.54, 1.807) is 30.3 Å². The van der Waals surface area contributed by atoms with Gasteiger partial charge in [-0.3, -0.25) is 14.4 Å². The van der Waals surface area contributed by atoms with Gasteiger partial charge in [0.05, 0.1) is 22.2 Å². The molecule has 1 heterocycles. The maximum absolute atomic E-state index is 12.7. The Morgan fingerprint density at radius 1 is 1.14 bits per heavy atom. The van der Waals surface area contributed by atoms with E-state index in [4.69, 9.17) is 11.6 Å². The molecule has 1 saturated carbocycles. The topological polar surface area (TPSA) is 87.3 Å². The summed E-state index contributed by atoms with van der Waals surface area (Å²) < 4.78 is 0. The summed E-state index contributed by atoms with van der Waals surface area (Å²) in [5.74, 6) is -0.723. The predicted octanol–water partition coefficient (Wildman–Crippen LogP) is 3.92. The number of carbonyl (C=O) groups excluding carboxylic acids is 3. The monoisotopic (exact) mass is 415 g/mol. The summed E-state index contributed by atoms with van der Waals surface area (Å²) in [4.78, 5) is 38.0. The Bertz CT molecular complexity index is 991. The minimum Gasteiger partial charge on any atom is -0.349 e. The van der Waals surface area contributed by atoms with Gasteiger partial charge in [0.2, 0.25) is 5.91 Å². The van der Waals surface area contributed by atoms with Gasteiger partial charge < -0.3 is 16.0 Å². The van der Waals surface area contributed by atoms with Crippen molar-refractivity contribution in [3.63, 3.8) is 0 Å². The van der Waals surface area contributed by atoms with Gasteiger partial charge in [0.15, 0.2) is 0 Å². The zero-order valence-electron chi connectivity index (χ0n) is 15.0. The first kappa shape index (κ1) is 18.8. The molecule has 0 aromatic heterocycles. The zero-order valence-corrected chi connectivity index (χ0v) is 16.6. The van der Waals surface area contributed by atoms with E-state index in [2.05, 4.69) is 16.0 Å². The molecule has 6 nitrogen and oxygen atoms in total. The Balaban J connectivity index is 1.56. The van der Waals surface area contributed by atoms with Crippen molar-refractivity contribution in [1.82, 2.24) is 5.32 Å². The molecule has 2 aromatic rings. The van der Waals surface area contributed by atoms with Crippen LogP contribution in [-0.4, -0.2) is 29.0 Å². The van der Waals surface area contributed by atoms with Crippen LogP contribution < -0.4 is 16.0 Å². The molecule has 0 spiro atoms. The highest BCUT2D eigenvalue weighted by molar-refractivity contribution is 8.00. The second-order valence-electron chi connectivity index (χ2n) is 6.85. The number of anilines is 2. The first-order chi connectivity index (χ1) is 13.4. The SMILES string of the molecule is C[C@H]1Sc2ccc(C(=O)Nc3ccc(Cl)cc3C(=O)NC3CC3)cc2NC1=O. The van der Waals surface area contributed by atoms with Crippen LogP contribution in [-0.2, 0) is 4.79 Å². The Labute approximate surface area is 171 Å². The van der Waals surface area contributed by atoms with Crippen molar-refractivity contribution in [1.29, 1.82) is 0 Å². The molecule has 1 aliphatic heterocycles. The van der Waals surface area contributed by atoms with Crippen LogP contribution >= 0.6 is 23.4 Å². The maximum Gasteiger partial charge on any atom is 0.255 e. The number of benzene rings is 2. The Morgan fingerprint density at radius 3 is 2.68 bits per heavy atom. The van der Waals surface area contributed by atoms with Crippen molar-refractivity contribution in [2.45, 2.75) is 36.0 Å². The number of amides is 3. The molecule has 0 radical (unpaired) electrons. The van der Waals surface area contributed by atoms with E-state index in [0.29, 0.717) is 27.5 Å². The fraction of sp³-hybridized carbons (Fsp3) is 0.250. The number of hydrogen-bond acceptors (Lipinski definition) is 4. The first-order valence-electron chi connectivity index (χ1n) is 8.94. The van der Waals surface area contributed by atoms with E-state index in [9.17, 15) is 14.4 Å². The lowest BCUT2D eigenvalue weighted by Gasteiger charge is -2.21. The van der Waals surface area contributed by atoms with E-state index < -0.39 is 0 Å². The molecule has 2 aliphatic rings. The Morgan fingerprint density at radius 2 is 1.93 bits per heavy atom. The number of rotatable bonds is 4. The number of fused-ring (bicyclic) bond motifs is 1. The summed E-state index contributed by atoms with van der Waals surface area (Å²) in [6.45, 7) is 1.83. The average molecular weight is 416 g/mol. The molecule has 144 valence electrons. The van der Waals surface area contributed by atoms with Crippen molar-refractivity contribution in [3.05, 3.63) is 52.5 Å². The van der Waals surface area contributed by atoms with Crippen molar-refractivity contribution in [2.24, 2.45) is 0 Å². The summed E-state index contributed by atoms with van der Waals surface area (Å²) in [5, 5.41) is 8.74. The van der Waals surface area contributed by atoms with Crippen LogP contribution in [0.5, 0.6) is 0 Å². The van der Waals surface area contributed by atoms with Gasteiger partial charge in [0.1, 0.15) is 0 Å². The number of thioether (sulfide) groups is 1. The molecule has 3 amide bonds. The van der Waals surface area contributed by atoms with Crippen molar-refractivity contribution in [2.75, 3.05) is 10.6 Å². The molecule has 0 bridgehead atoms. The van der Waals surface area contributed by atoms with Crippen molar-refractivity contribution >= 4 is 52.5 Å². The van der Waals surface area contributed by atoms with E-state index in [1.807, 2.05) is 13.0 Å². The third kappa shape index (κ3) is 4.00. The zero-order chi connectivity index (χ0) is 19.8. The molecule has 4 rings (SSSR count). The highest BCUT2D eigenvalue weighted by atomic mass is 35.5. The normalized spacial score (nSPS) is 18.1. The van der Waals surface area contributed by atoms with Crippen molar-refractivity contribution < 1.29 is 14.4 Å². The molecule has 1 aliphatic carbocycles. The number of nitrogens with one attached hydrogen (secondary N) is 3. The molecule has 3 N–H and O–H groups in total. The second-order valence-corrected chi connectivity index (χ2v) is 8.67. The van der Waals surface area contributed by atoms with Crippen molar-refractivity contribution in [3.8, 4) is 0 Å². The molecule has 28 heavy (non-hydrogen) atoms. The van der Waals surface area contributed by atoms with Gasteiger partial charge in [-0.15, -0.1) is 11.8 Å². The minimum absolute atomic E-state index is 0.0909. The quantitative estimate of drug-likeness (QED) is 0.706. The average Bonchev–Trinajstić information content (AvgIpc) is 3.47. The van der Waals surface area contributed by atoms with E-state index in [-0.39, 0.29) is 29.0 Å². The van der Waals surface area contributed by atoms with Crippen LogP contribution in [0.2, 0.25) is 5.02 Å². The standard InChI is InChI=1S/C20H18ClN3O3S/c1-10-18(25)24-16-8-11(2-7-17(16)28-10)19(26)23-15-6-3-12(21)9-14(15)20(27)22-13-4-5-13/h2-3,6-10,13H,4-5H2,1H3,(H,22,27)(H,23,26)(H,24,25)/t10-/m1/s1. The molecular weight excluding hydrogens is 398 g/mol.